The lowest BCUT2D eigenvalue weighted by molar-refractivity contribution is -0.116. The highest BCUT2D eigenvalue weighted by Crippen LogP contribution is 2.30. The van der Waals surface area contributed by atoms with Crippen molar-refractivity contribution in [3.8, 4) is 28.1 Å². The molecule has 1 aliphatic rings. The first kappa shape index (κ1) is 31.7. The van der Waals surface area contributed by atoms with Gasteiger partial charge in [0.25, 0.3) is 0 Å². The molecule has 7 heteroatoms. The molecule has 1 saturated carbocycles. The molecule has 1 aromatic heterocycles. The second-order valence-electron chi connectivity index (χ2n) is 12.2. The van der Waals surface area contributed by atoms with Gasteiger partial charge in [0.15, 0.2) is 0 Å². The van der Waals surface area contributed by atoms with Gasteiger partial charge in [-0.25, -0.2) is 4.98 Å². The number of allylic oxidation sites excluding steroid dienone is 1. The zero-order chi connectivity index (χ0) is 32.0. The van der Waals surface area contributed by atoms with Gasteiger partial charge >= 0.3 is 0 Å². The van der Waals surface area contributed by atoms with E-state index in [1.165, 1.54) is 48.8 Å². The van der Waals surface area contributed by atoms with Crippen molar-refractivity contribution < 1.29 is 4.79 Å². The number of hydrogen-bond donors (Lipinski definition) is 2. The molecule has 6 rings (SSSR count). The van der Waals surface area contributed by atoms with Crippen LogP contribution in [0.1, 0.15) is 54.6 Å². The smallest absolute Gasteiger partial charge is 0.238 e. The Morgan fingerprint density at radius 1 is 0.978 bits per heavy atom. The number of nitrogens with zero attached hydrogens (tertiary/aromatic N) is 3. The van der Waals surface area contributed by atoms with Crippen molar-refractivity contribution in [2.45, 2.75) is 45.4 Å². The molecule has 2 N–H and O–H groups in total. The molecule has 46 heavy (non-hydrogen) atoms. The quantitative estimate of drug-likeness (QED) is 0.149. The SMILES string of the molecule is Cc1cc(Cl)ccc1-c1cn(-c2cccc(N(S)CC(N)=O)c2)c(Cc2ccc(-c3ccc(/C=C/C4CCCCC4)cc3)cc2)n1. The summed E-state index contributed by atoms with van der Waals surface area (Å²) < 4.78 is 3.65. The van der Waals surface area contributed by atoms with Gasteiger partial charge in [-0.15, -0.1) is 0 Å². The largest absolute Gasteiger partial charge is 0.368 e. The van der Waals surface area contributed by atoms with Gasteiger partial charge < -0.3 is 14.6 Å². The highest BCUT2D eigenvalue weighted by Gasteiger charge is 2.16. The minimum Gasteiger partial charge on any atom is -0.368 e. The number of benzene rings is 4. The Kier molecular flexibility index (Phi) is 9.96. The Labute approximate surface area is 282 Å². The van der Waals surface area contributed by atoms with Gasteiger partial charge in [-0.2, -0.15) is 0 Å². The lowest BCUT2D eigenvalue weighted by Crippen LogP contribution is -2.27. The molecular weight excluding hydrogens is 608 g/mol. The molecule has 0 aliphatic heterocycles. The maximum absolute atomic E-state index is 11.5. The molecule has 0 spiro atoms. The van der Waals surface area contributed by atoms with E-state index in [2.05, 4.69) is 84.3 Å². The van der Waals surface area contributed by atoms with Crippen LogP contribution in [-0.2, 0) is 11.2 Å². The number of hydrogen-bond acceptors (Lipinski definition) is 4. The van der Waals surface area contributed by atoms with Crippen LogP contribution in [0.4, 0.5) is 5.69 Å². The van der Waals surface area contributed by atoms with Crippen molar-refractivity contribution in [3.05, 3.63) is 131 Å². The van der Waals surface area contributed by atoms with Crippen LogP contribution in [0.5, 0.6) is 0 Å². The van der Waals surface area contributed by atoms with Gasteiger partial charge in [0.05, 0.1) is 5.69 Å². The number of nitrogens with two attached hydrogens (primary N) is 1. The number of halogens is 1. The minimum absolute atomic E-state index is 0.00477. The van der Waals surface area contributed by atoms with E-state index in [1.54, 1.807) is 4.31 Å². The predicted octanol–water partition coefficient (Wildman–Crippen LogP) is 9.49. The van der Waals surface area contributed by atoms with Crippen molar-refractivity contribution >= 4 is 42.1 Å². The Bertz CT molecular complexity index is 1840. The first-order valence-electron chi connectivity index (χ1n) is 15.9. The lowest BCUT2D eigenvalue weighted by Gasteiger charge is -2.17. The number of carbonyl (C=O) groups excluding carboxylic acids is 1. The predicted molar refractivity (Wildman–Crippen MR) is 195 cm³/mol. The van der Waals surface area contributed by atoms with Crippen LogP contribution in [0.3, 0.4) is 0 Å². The van der Waals surface area contributed by atoms with Crippen molar-refractivity contribution in [2.75, 3.05) is 10.8 Å². The Morgan fingerprint density at radius 2 is 1.70 bits per heavy atom. The molecule has 234 valence electrons. The number of aromatic nitrogens is 2. The summed E-state index contributed by atoms with van der Waals surface area (Å²) in [7, 11) is 0. The number of thiol groups is 1. The molecule has 0 atom stereocenters. The molecule has 4 aromatic carbocycles. The zero-order valence-electron chi connectivity index (χ0n) is 26.1. The fourth-order valence-corrected chi connectivity index (χ4v) is 6.70. The van der Waals surface area contributed by atoms with Gasteiger partial charge in [-0.1, -0.05) is 116 Å². The summed E-state index contributed by atoms with van der Waals surface area (Å²) in [5, 5.41) is 0.697. The van der Waals surface area contributed by atoms with Crippen LogP contribution >= 0.6 is 24.4 Å². The topological polar surface area (TPSA) is 64.2 Å². The molecule has 1 fully saturated rings. The van der Waals surface area contributed by atoms with Gasteiger partial charge in [-0.05, 0) is 83.8 Å². The second kappa shape index (κ2) is 14.4. The first-order valence-corrected chi connectivity index (χ1v) is 16.7. The standard InChI is InChI=1S/C39H39ClN4OS/c1-27-22-33(40)20-21-36(27)37-25-43(34-8-5-9-35(24-34)44(46)26-38(41)45)39(42-37)23-30-14-18-32(19-15-30)31-16-12-29(13-17-31)11-10-28-6-3-2-4-7-28/h5,8-22,24-25,28,46H,2-4,6-7,23,26H2,1H3,(H2,41,45)/b11-10+. The van der Waals surface area contributed by atoms with Crippen molar-refractivity contribution in [3.63, 3.8) is 0 Å². The molecule has 5 nitrogen and oxygen atoms in total. The third kappa shape index (κ3) is 7.75. The molecule has 1 aliphatic carbocycles. The average Bonchev–Trinajstić information content (AvgIpc) is 3.48. The fraction of sp³-hybridized carbons (Fsp3) is 0.231. The monoisotopic (exact) mass is 646 g/mol. The minimum atomic E-state index is -0.449. The Hall–Kier alpha value is -4.26. The zero-order valence-corrected chi connectivity index (χ0v) is 27.7. The van der Waals surface area contributed by atoms with E-state index in [9.17, 15) is 4.79 Å². The number of amides is 1. The molecule has 0 bridgehead atoms. The maximum Gasteiger partial charge on any atom is 0.238 e. The highest BCUT2D eigenvalue weighted by atomic mass is 35.5. The molecule has 0 radical (unpaired) electrons. The van der Waals surface area contributed by atoms with Gasteiger partial charge in [0.1, 0.15) is 12.4 Å². The summed E-state index contributed by atoms with van der Waals surface area (Å²) in [6.07, 6.45) is 14.1. The molecule has 1 amide bonds. The number of primary amides is 1. The molecule has 0 saturated heterocycles. The molecule has 5 aromatic rings. The van der Waals surface area contributed by atoms with Gasteiger partial charge in [-0.3, -0.25) is 4.79 Å². The number of carbonyl (C=O) groups is 1. The summed E-state index contributed by atoms with van der Waals surface area (Å²) in [6, 6.07) is 31.3. The average molecular weight is 647 g/mol. The van der Waals surface area contributed by atoms with Crippen LogP contribution in [0.15, 0.2) is 103 Å². The number of rotatable bonds is 10. The second-order valence-corrected chi connectivity index (χ2v) is 13.1. The van der Waals surface area contributed by atoms with Crippen molar-refractivity contribution in [1.82, 2.24) is 9.55 Å². The number of anilines is 1. The third-order valence-electron chi connectivity index (χ3n) is 8.73. The normalized spacial score (nSPS) is 13.7. The lowest BCUT2D eigenvalue weighted by atomic mass is 9.88. The number of aryl methyl sites for hydroxylation is 1. The Balaban J connectivity index is 1.25. The van der Waals surface area contributed by atoms with E-state index in [0.29, 0.717) is 11.4 Å². The van der Waals surface area contributed by atoms with Gasteiger partial charge in [0, 0.05) is 34.6 Å². The summed E-state index contributed by atoms with van der Waals surface area (Å²) >= 11 is 10.7. The molecular formula is C39H39ClN4OS. The third-order valence-corrected chi connectivity index (χ3v) is 9.33. The summed E-state index contributed by atoms with van der Waals surface area (Å²) in [5.41, 5.74) is 14.8. The van der Waals surface area contributed by atoms with E-state index < -0.39 is 5.91 Å². The van der Waals surface area contributed by atoms with Crippen molar-refractivity contribution in [1.29, 1.82) is 0 Å². The molecule has 0 unspecified atom stereocenters. The van der Waals surface area contributed by atoms with Crippen LogP contribution in [0.2, 0.25) is 5.02 Å². The van der Waals surface area contributed by atoms with E-state index in [4.69, 9.17) is 22.3 Å². The summed E-state index contributed by atoms with van der Waals surface area (Å²) in [6.45, 7) is 2.05. The Morgan fingerprint density at radius 3 is 2.39 bits per heavy atom. The van der Waals surface area contributed by atoms with Crippen molar-refractivity contribution in [2.24, 2.45) is 11.7 Å². The maximum atomic E-state index is 11.5. The van der Waals surface area contributed by atoms with Crippen LogP contribution in [0.25, 0.3) is 34.1 Å². The van der Waals surface area contributed by atoms with Crippen LogP contribution < -0.4 is 10.0 Å². The summed E-state index contributed by atoms with van der Waals surface area (Å²) in [5.74, 6) is 1.17. The van der Waals surface area contributed by atoms with E-state index in [-0.39, 0.29) is 6.54 Å². The van der Waals surface area contributed by atoms with Gasteiger partial charge in [0.2, 0.25) is 5.91 Å². The first-order chi connectivity index (χ1) is 22.3. The van der Waals surface area contributed by atoms with Crippen LogP contribution in [-0.4, -0.2) is 22.0 Å². The van der Waals surface area contributed by atoms with E-state index in [1.807, 2.05) is 49.4 Å². The fourth-order valence-electron chi connectivity index (χ4n) is 6.21. The van der Waals surface area contributed by atoms with Crippen LogP contribution in [0, 0.1) is 12.8 Å². The van der Waals surface area contributed by atoms with E-state index >= 15 is 0 Å². The van der Waals surface area contributed by atoms with E-state index in [0.717, 1.165) is 45.5 Å². The highest BCUT2D eigenvalue weighted by molar-refractivity contribution is 7.81. The number of imidazole rings is 1. The summed E-state index contributed by atoms with van der Waals surface area (Å²) in [4.78, 5) is 16.6. The molecule has 1 heterocycles.